The van der Waals surface area contributed by atoms with Crippen LogP contribution in [0.25, 0.3) is 21.8 Å². The summed E-state index contributed by atoms with van der Waals surface area (Å²) in [5, 5.41) is 5.91. The average molecular weight is 412 g/mol. The highest BCUT2D eigenvalue weighted by Gasteiger charge is 2.16. The van der Waals surface area contributed by atoms with Crippen LogP contribution in [-0.4, -0.2) is 22.0 Å². The third-order valence-corrected chi connectivity index (χ3v) is 5.62. The van der Waals surface area contributed by atoms with Crippen molar-refractivity contribution < 1.29 is 14.4 Å². The summed E-state index contributed by atoms with van der Waals surface area (Å²) in [6, 6.07) is 17.7. The second-order valence-corrected chi connectivity index (χ2v) is 7.93. The Morgan fingerprint density at radius 1 is 0.839 bits per heavy atom. The van der Waals surface area contributed by atoms with Crippen LogP contribution in [0, 0.1) is 13.8 Å². The van der Waals surface area contributed by atoms with Crippen molar-refractivity contribution in [2.45, 2.75) is 27.7 Å². The van der Waals surface area contributed by atoms with Gasteiger partial charge >= 0.3 is 5.97 Å². The van der Waals surface area contributed by atoms with Gasteiger partial charge < -0.3 is 9.40 Å². The minimum absolute atomic E-state index is 0.0140. The molecule has 156 valence electrons. The molecule has 5 nitrogen and oxygen atoms in total. The Hall–Kier alpha value is -3.73. The largest absolute Gasteiger partial charge is 0.344 e. The molecule has 31 heavy (non-hydrogen) atoms. The van der Waals surface area contributed by atoms with Gasteiger partial charge in [-0.25, -0.2) is 4.79 Å². The average Bonchev–Trinajstić information content (AvgIpc) is 3.02. The first-order valence-corrected chi connectivity index (χ1v) is 10.1. The lowest BCUT2D eigenvalue weighted by Gasteiger charge is -2.07. The summed E-state index contributed by atoms with van der Waals surface area (Å²) in [5.41, 5.74) is 7.04. The number of aryl methyl sites for hydroxylation is 3. The first-order chi connectivity index (χ1) is 14.8. The van der Waals surface area contributed by atoms with Crippen LogP contribution in [0.2, 0.25) is 0 Å². The Morgan fingerprint density at radius 3 is 2.06 bits per heavy atom. The number of rotatable bonds is 4. The zero-order valence-corrected chi connectivity index (χ0v) is 18.3. The van der Waals surface area contributed by atoms with Crippen LogP contribution in [0.4, 0.5) is 0 Å². The number of fused-ring (bicyclic) bond motifs is 3. The first-order valence-electron chi connectivity index (χ1n) is 10.1. The fourth-order valence-electron chi connectivity index (χ4n) is 3.99. The molecule has 3 aromatic carbocycles. The van der Waals surface area contributed by atoms with Gasteiger partial charge in [0.15, 0.2) is 5.78 Å². The van der Waals surface area contributed by atoms with Gasteiger partial charge in [0.1, 0.15) is 0 Å². The standard InChI is InChI=1S/C26H24N2O3/c1-15-6-9-21(16(2)12-15)26(30)20-8-11-25-23(14-20)22-13-19(7-10-24(22)28(25)5)17(3)27-31-18(4)29/h6-14H,1-5H3/b27-17+. The van der Waals surface area contributed by atoms with E-state index in [-0.39, 0.29) is 5.78 Å². The van der Waals surface area contributed by atoms with Crippen LogP contribution in [0.3, 0.4) is 0 Å². The quantitative estimate of drug-likeness (QED) is 0.193. The molecular weight excluding hydrogens is 388 g/mol. The fraction of sp³-hybridized carbons (Fsp3) is 0.192. The van der Waals surface area contributed by atoms with Gasteiger partial charge in [-0.1, -0.05) is 35.0 Å². The first kappa shape index (κ1) is 20.5. The molecule has 0 atom stereocenters. The summed E-state index contributed by atoms with van der Waals surface area (Å²) in [7, 11) is 2.01. The lowest BCUT2D eigenvalue weighted by molar-refractivity contribution is -0.140. The molecule has 0 radical (unpaired) electrons. The summed E-state index contributed by atoms with van der Waals surface area (Å²) in [6.07, 6.45) is 0. The maximum absolute atomic E-state index is 13.2. The van der Waals surface area contributed by atoms with Crippen LogP contribution >= 0.6 is 0 Å². The summed E-state index contributed by atoms with van der Waals surface area (Å²) < 4.78 is 2.11. The van der Waals surface area contributed by atoms with Crippen molar-refractivity contribution in [3.63, 3.8) is 0 Å². The number of hydrogen-bond donors (Lipinski definition) is 0. The van der Waals surface area contributed by atoms with E-state index in [2.05, 4.69) is 9.72 Å². The predicted octanol–water partition coefficient (Wildman–Crippen LogP) is 5.47. The maximum atomic E-state index is 13.2. The summed E-state index contributed by atoms with van der Waals surface area (Å²) >= 11 is 0. The molecule has 0 fully saturated rings. The highest BCUT2D eigenvalue weighted by atomic mass is 16.7. The predicted molar refractivity (Wildman–Crippen MR) is 124 cm³/mol. The molecule has 0 bridgehead atoms. The topological polar surface area (TPSA) is 60.7 Å². The van der Waals surface area contributed by atoms with E-state index in [9.17, 15) is 9.59 Å². The Labute approximate surface area is 180 Å². The Morgan fingerprint density at radius 2 is 1.45 bits per heavy atom. The van der Waals surface area contributed by atoms with Gasteiger partial charge in [0, 0.05) is 46.9 Å². The normalized spacial score (nSPS) is 11.8. The molecule has 0 saturated heterocycles. The maximum Gasteiger partial charge on any atom is 0.331 e. The van der Waals surface area contributed by atoms with Crippen molar-refractivity contribution in [3.8, 4) is 0 Å². The van der Waals surface area contributed by atoms with E-state index in [1.807, 2.05) is 75.5 Å². The summed E-state index contributed by atoms with van der Waals surface area (Å²) in [4.78, 5) is 29.1. The second-order valence-electron chi connectivity index (χ2n) is 7.93. The molecular formula is C26H24N2O3. The van der Waals surface area contributed by atoms with Gasteiger partial charge in [0.05, 0.1) is 5.71 Å². The highest BCUT2D eigenvalue weighted by molar-refractivity contribution is 6.16. The van der Waals surface area contributed by atoms with Crippen molar-refractivity contribution in [1.82, 2.24) is 4.57 Å². The SMILES string of the molecule is CC(=O)O/N=C(\C)c1ccc2c(c1)c1cc(C(=O)c3ccc(C)cc3C)ccc1n2C. The summed E-state index contributed by atoms with van der Waals surface area (Å²) in [5.74, 6) is -0.444. The number of ketones is 1. The van der Waals surface area contributed by atoms with E-state index in [4.69, 9.17) is 4.84 Å². The van der Waals surface area contributed by atoms with Gasteiger partial charge in [-0.3, -0.25) is 4.79 Å². The molecule has 0 N–H and O–H groups in total. The number of carbonyl (C=O) groups is 2. The van der Waals surface area contributed by atoms with Crippen molar-refractivity contribution >= 4 is 39.3 Å². The minimum Gasteiger partial charge on any atom is -0.344 e. The second kappa shape index (κ2) is 7.84. The monoisotopic (exact) mass is 412 g/mol. The number of carbonyl (C=O) groups excluding carboxylic acids is 2. The van der Waals surface area contributed by atoms with Crippen molar-refractivity contribution in [3.05, 3.63) is 82.4 Å². The number of aromatic nitrogens is 1. The smallest absolute Gasteiger partial charge is 0.331 e. The lowest BCUT2D eigenvalue weighted by Crippen LogP contribution is -2.04. The van der Waals surface area contributed by atoms with E-state index < -0.39 is 5.97 Å². The molecule has 4 rings (SSSR count). The third-order valence-electron chi connectivity index (χ3n) is 5.62. The van der Waals surface area contributed by atoms with Crippen LogP contribution < -0.4 is 0 Å². The van der Waals surface area contributed by atoms with E-state index in [0.717, 1.165) is 44.1 Å². The number of oxime groups is 1. The minimum atomic E-state index is -0.458. The molecule has 0 aliphatic heterocycles. The van der Waals surface area contributed by atoms with Gasteiger partial charge in [0.25, 0.3) is 0 Å². The van der Waals surface area contributed by atoms with Crippen molar-refractivity contribution in [2.75, 3.05) is 0 Å². The van der Waals surface area contributed by atoms with E-state index >= 15 is 0 Å². The van der Waals surface area contributed by atoms with Crippen LogP contribution in [0.1, 0.15) is 46.5 Å². The molecule has 0 aliphatic carbocycles. The Kier molecular flexibility index (Phi) is 5.19. The van der Waals surface area contributed by atoms with Crippen molar-refractivity contribution in [2.24, 2.45) is 12.2 Å². The van der Waals surface area contributed by atoms with Crippen LogP contribution in [-0.2, 0) is 16.7 Å². The highest BCUT2D eigenvalue weighted by Crippen LogP contribution is 2.31. The van der Waals surface area contributed by atoms with Gasteiger partial charge in [0.2, 0.25) is 0 Å². The summed E-state index contributed by atoms with van der Waals surface area (Å²) in [6.45, 7) is 7.10. The number of nitrogens with zero attached hydrogens (tertiary/aromatic N) is 2. The van der Waals surface area contributed by atoms with Crippen molar-refractivity contribution in [1.29, 1.82) is 0 Å². The molecule has 4 aromatic rings. The van der Waals surface area contributed by atoms with Crippen LogP contribution in [0.15, 0.2) is 59.8 Å². The number of benzene rings is 3. The molecule has 1 aromatic heterocycles. The lowest BCUT2D eigenvalue weighted by atomic mass is 9.96. The Balaban J connectivity index is 1.85. The van der Waals surface area contributed by atoms with Gasteiger partial charge in [-0.2, -0.15) is 0 Å². The molecule has 0 amide bonds. The van der Waals surface area contributed by atoms with Gasteiger partial charge in [-0.05, 0) is 62.2 Å². The van der Waals surface area contributed by atoms with Gasteiger partial charge in [-0.15, -0.1) is 0 Å². The molecule has 0 saturated carbocycles. The zero-order chi connectivity index (χ0) is 22.3. The van der Waals surface area contributed by atoms with E-state index in [1.165, 1.54) is 6.92 Å². The Bertz CT molecular complexity index is 1390. The molecule has 0 aliphatic rings. The zero-order valence-electron chi connectivity index (χ0n) is 18.3. The number of hydrogen-bond acceptors (Lipinski definition) is 4. The molecule has 5 heteroatoms. The fourth-order valence-corrected chi connectivity index (χ4v) is 3.99. The third kappa shape index (κ3) is 3.75. The van der Waals surface area contributed by atoms with E-state index in [1.54, 1.807) is 6.92 Å². The van der Waals surface area contributed by atoms with Crippen LogP contribution in [0.5, 0.6) is 0 Å². The molecule has 0 unspecified atom stereocenters. The molecule has 1 heterocycles. The van der Waals surface area contributed by atoms with E-state index in [0.29, 0.717) is 11.3 Å². The molecule has 0 spiro atoms.